The van der Waals surface area contributed by atoms with E-state index in [1.165, 1.54) is 12.8 Å². The second kappa shape index (κ2) is 10.4. The van der Waals surface area contributed by atoms with Crippen molar-refractivity contribution >= 4 is 6.03 Å². The minimum Gasteiger partial charge on any atom is -0.493 e. The van der Waals surface area contributed by atoms with Crippen molar-refractivity contribution in [3.8, 4) is 23.1 Å². The van der Waals surface area contributed by atoms with E-state index in [0.29, 0.717) is 36.4 Å². The monoisotopic (exact) mass is 448 g/mol. The van der Waals surface area contributed by atoms with Crippen LogP contribution in [0.3, 0.4) is 0 Å². The van der Waals surface area contributed by atoms with Crippen LogP contribution in [0.1, 0.15) is 37.4 Å². The predicted octanol–water partition coefficient (Wildman–Crippen LogP) is 5.31. The van der Waals surface area contributed by atoms with Crippen molar-refractivity contribution in [1.82, 2.24) is 20.0 Å². The van der Waals surface area contributed by atoms with Crippen LogP contribution >= 0.6 is 0 Å². The summed E-state index contributed by atoms with van der Waals surface area (Å²) in [5.74, 6) is 2.40. The van der Waals surface area contributed by atoms with Gasteiger partial charge in [-0.05, 0) is 56.4 Å². The number of benzene rings is 2. The number of urea groups is 1. The lowest BCUT2D eigenvalue weighted by Gasteiger charge is -2.23. The number of carbonyl (C=O) groups is 1. The van der Waals surface area contributed by atoms with Gasteiger partial charge in [-0.15, -0.1) is 0 Å². The number of nitrogens with zero attached hydrogens (tertiary/aromatic N) is 3. The van der Waals surface area contributed by atoms with Gasteiger partial charge in [0.05, 0.1) is 30.6 Å². The average Bonchev–Trinajstić information content (AvgIpc) is 3.62. The van der Waals surface area contributed by atoms with Crippen molar-refractivity contribution in [2.75, 3.05) is 20.2 Å². The topological polar surface area (TPSA) is 68.6 Å². The van der Waals surface area contributed by atoms with E-state index in [1.54, 1.807) is 11.8 Å². The highest BCUT2D eigenvalue weighted by atomic mass is 16.5. The summed E-state index contributed by atoms with van der Waals surface area (Å²) in [5, 5.41) is 7.82. The Morgan fingerprint density at radius 3 is 2.48 bits per heavy atom. The quantitative estimate of drug-likeness (QED) is 0.456. The third kappa shape index (κ3) is 5.48. The minimum absolute atomic E-state index is 0.0427. The average molecular weight is 449 g/mol. The Hall–Kier alpha value is -3.48. The van der Waals surface area contributed by atoms with Gasteiger partial charge in [-0.2, -0.15) is 5.10 Å². The molecule has 1 heterocycles. The third-order valence-electron chi connectivity index (χ3n) is 5.75. The van der Waals surface area contributed by atoms with Gasteiger partial charge >= 0.3 is 6.03 Å². The first-order chi connectivity index (χ1) is 16.1. The van der Waals surface area contributed by atoms with Gasteiger partial charge < -0.3 is 19.7 Å². The summed E-state index contributed by atoms with van der Waals surface area (Å²) >= 11 is 0. The molecule has 2 amide bonds. The molecule has 2 aromatic carbocycles. The summed E-state index contributed by atoms with van der Waals surface area (Å²) in [6.45, 7) is 5.84. The fourth-order valence-corrected chi connectivity index (χ4v) is 3.74. The molecule has 7 heteroatoms. The smallest absolute Gasteiger partial charge is 0.317 e. The number of rotatable bonds is 10. The molecule has 7 nitrogen and oxygen atoms in total. The van der Waals surface area contributed by atoms with Crippen LogP contribution in [0.15, 0.2) is 54.6 Å². The third-order valence-corrected chi connectivity index (χ3v) is 5.75. The fourth-order valence-electron chi connectivity index (χ4n) is 3.74. The lowest BCUT2D eigenvalue weighted by molar-refractivity contribution is 0.192. The van der Waals surface area contributed by atoms with Gasteiger partial charge in [0.15, 0.2) is 11.5 Å². The number of carbonyl (C=O) groups excluding carboxylic acids is 1. The Morgan fingerprint density at radius 1 is 1.12 bits per heavy atom. The Morgan fingerprint density at radius 2 is 1.82 bits per heavy atom. The Labute approximate surface area is 195 Å². The second-order valence-corrected chi connectivity index (χ2v) is 8.43. The van der Waals surface area contributed by atoms with E-state index < -0.39 is 0 Å². The van der Waals surface area contributed by atoms with Crippen molar-refractivity contribution in [3.05, 3.63) is 65.9 Å². The van der Waals surface area contributed by atoms with Crippen molar-refractivity contribution < 1.29 is 14.3 Å². The molecule has 0 bridgehead atoms. The Bertz CT molecular complexity index is 1080. The second-order valence-electron chi connectivity index (χ2n) is 8.43. The van der Waals surface area contributed by atoms with Gasteiger partial charge in [-0.1, -0.05) is 37.3 Å². The van der Waals surface area contributed by atoms with E-state index in [9.17, 15) is 4.79 Å². The summed E-state index contributed by atoms with van der Waals surface area (Å²) in [6.07, 6.45) is 3.24. The first-order valence-electron chi connectivity index (χ1n) is 11.6. The van der Waals surface area contributed by atoms with Gasteiger partial charge in [-0.3, -0.25) is 0 Å². The summed E-state index contributed by atoms with van der Waals surface area (Å²) in [4.78, 5) is 14.8. The number of hydrogen-bond donors (Lipinski definition) is 1. The molecule has 0 saturated heterocycles. The molecule has 3 aromatic rings. The number of nitrogens with one attached hydrogen (secondary N) is 1. The molecule has 33 heavy (non-hydrogen) atoms. The van der Waals surface area contributed by atoms with Crippen molar-refractivity contribution in [2.45, 2.75) is 39.7 Å². The molecule has 1 fully saturated rings. The standard InChI is InChI=1S/C26H32N4O3/c1-4-16-27-26(31)29(17-20-14-15-20)18-22-19(2)28-30(21-10-6-5-7-11-21)25(22)33-24-13-9-8-12-23(24)32-3/h5-13,20H,4,14-18H2,1-3H3,(H,27,31). The Balaban J connectivity index is 1.73. The largest absolute Gasteiger partial charge is 0.493 e. The van der Waals surface area contributed by atoms with E-state index >= 15 is 0 Å². The van der Waals surface area contributed by atoms with Crippen LogP contribution in [0.5, 0.6) is 17.4 Å². The molecule has 1 aliphatic rings. The van der Waals surface area contributed by atoms with Gasteiger partial charge in [0.1, 0.15) is 0 Å². The summed E-state index contributed by atoms with van der Waals surface area (Å²) in [5.41, 5.74) is 2.60. The van der Waals surface area contributed by atoms with Crippen LogP contribution in [-0.4, -0.2) is 40.9 Å². The van der Waals surface area contributed by atoms with E-state index in [-0.39, 0.29) is 6.03 Å². The molecule has 4 rings (SSSR count). The highest BCUT2D eigenvalue weighted by Crippen LogP contribution is 2.37. The normalized spacial score (nSPS) is 12.9. The molecule has 1 N–H and O–H groups in total. The van der Waals surface area contributed by atoms with Crippen molar-refractivity contribution in [1.29, 1.82) is 0 Å². The van der Waals surface area contributed by atoms with Gasteiger partial charge in [-0.25, -0.2) is 9.48 Å². The van der Waals surface area contributed by atoms with Crippen LogP contribution in [0.4, 0.5) is 4.79 Å². The van der Waals surface area contributed by atoms with E-state index in [0.717, 1.165) is 29.9 Å². The SMILES string of the molecule is CCCNC(=O)N(Cc1c(C)nn(-c2ccccc2)c1Oc1ccccc1OC)CC1CC1. The Kier molecular flexibility index (Phi) is 7.17. The van der Waals surface area contributed by atoms with Crippen molar-refractivity contribution in [3.63, 3.8) is 0 Å². The molecule has 174 valence electrons. The first-order valence-corrected chi connectivity index (χ1v) is 11.6. The lowest BCUT2D eigenvalue weighted by atomic mass is 10.2. The molecule has 0 radical (unpaired) electrons. The molecule has 0 unspecified atom stereocenters. The molecule has 1 aliphatic carbocycles. The number of aromatic nitrogens is 2. The number of methoxy groups -OCH3 is 1. The van der Waals surface area contributed by atoms with E-state index in [4.69, 9.17) is 14.6 Å². The first kappa shape index (κ1) is 22.7. The number of aryl methyl sites for hydroxylation is 1. The maximum atomic E-state index is 13.0. The zero-order valence-corrected chi connectivity index (χ0v) is 19.6. The van der Waals surface area contributed by atoms with Gasteiger partial charge in [0.25, 0.3) is 0 Å². The number of amides is 2. The van der Waals surface area contributed by atoms with Crippen LogP contribution in [0.2, 0.25) is 0 Å². The highest BCUT2D eigenvalue weighted by Gasteiger charge is 2.29. The van der Waals surface area contributed by atoms with Crippen LogP contribution in [0.25, 0.3) is 5.69 Å². The van der Waals surface area contributed by atoms with Crippen LogP contribution < -0.4 is 14.8 Å². The molecule has 0 atom stereocenters. The molecule has 1 aromatic heterocycles. The molecule has 0 spiro atoms. The molecular formula is C26H32N4O3. The molecule has 1 saturated carbocycles. The van der Waals surface area contributed by atoms with E-state index in [1.807, 2.05) is 66.4 Å². The predicted molar refractivity (Wildman–Crippen MR) is 128 cm³/mol. The molecule has 0 aliphatic heterocycles. The number of ether oxygens (including phenoxy) is 2. The lowest BCUT2D eigenvalue weighted by Crippen LogP contribution is -2.41. The summed E-state index contributed by atoms with van der Waals surface area (Å²) in [7, 11) is 1.62. The maximum absolute atomic E-state index is 13.0. The van der Waals surface area contributed by atoms with Crippen molar-refractivity contribution in [2.24, 2.45) is 5.92 Å². The zero-order chi connectivity index (χ0) is 23.2. The van der Waals surface area contributed by atoms with E-state index in [2.05, 4.69) is 12.2 Å². The van der Waals surface area contributed by atoms with Crippen LogP contribution in [0, 0.1) is 12.8 Å². The number of hydrogen-bond acceptors (Lipinski definition) is 4. The van der Waals surface area contributed by atoms with Gasteiger partial charge in [0, 0.05) is 13.1 Å². The number of para-hydroxylation sites is 3. The van der Waals surface area contributed by atoms with Crippen LogP contribution in [-0.2, 0) is 6.54 Å². The van der Waals surface area contributed by atoms with Gasteiger partial charge in [0.2, 0.25) is 5.88 Å². The highest BCUT2D eigenvalue weighted by molar-refractivity contribution is 5.74. The molecular weight excluding hydrogens is 416 g/mol. The zero-order valence-electron chi connectivity index (χ0n) is 19.6. The summed E-state index contributed by atoms with van der Waals surface area (Å²) < 4.78 is 13.7. The minimum atomic E-state index is -0.0427. The maximum Gasteiger partial charge on any atom is 0.317 e. The fraction of sp³-hybridized carbons (Fsp3) is 0.385. The summed E-state index contributed by atoms with van der Waals surface area (Å²) in [6, 6.07) is 17.4.